The van der Waals surface area contributed by atoms with E-state index in [4.69, 9.17) is 16.3 Å². The maximum atomic E-state index is 13.9. The lowest BCUT2D eigenvalue weighted by atomic mass is 9.80. The summed E-state index contributed by atoms with van der Waals surface area (Å²) in [6.07, 6.45) is -1.13. The van der Waals surface area contributed by atoms with E-state index in [1.807, 2.05) is 20.8 Å². The summed E-state index contributed by atoms with van der Waals surface area (Å²) in [7, 11) is 0. The highest BCUT2D eigenvalue weighted by Crippen LogP contribution is 2.47. The van der Waals surface area contributed by atoms with Gasteiger partial charge in [0.15, 0.2) is 0 Å². The third-order valence-corrected chi connectivity index (χ3v) is 7.24. The Bertz CT molecular complexity index is 1300. The number of nitrogens with one attached hydrogen (secondary N) is 2. The highest BCUT2D eigenvalue weighted by Gasteiger charge is 2.56. The highest BCUT2D eigenvalue weighted by molar-refractivity contribution is 6.31. The number of likely N-dealkylation sites (tertiary alicyclic amines) is 1. The van der Waals surface area contributed by atoms with E-state index < -0.39 is 41.4 Å². The largest absolute Gasteiger partial charge is 0.442 e. The first-order chi connectivity index (χ1) is 17.8. The minimum absolute atomic E-state index is 0.0212. The van der Waals surface area contributed by atoms with Gasteiger partial charge in [-0.15, -0.1) is 0 Å². The summed E-state index contributed by atoms with van der Waals surface area (Å²) in [5.74, 6) is -1.17. The van der Waals surface area contributed by atoms with Gasteiger partial charge in [0.25, 0.3) is 0 Å². The number of alkyl carbamates (subject to hydrolysis) is 1. The molecule has 0 saturated carbocycles. The summed E-state index contributed by atoms with van der Waals surface area (Å²) in [5.41, 5.74) is 0.378. The van der Waals surface area contributed by atoms with Crippen molar-refractivity contribution in [3.63, 3.8) is 0 Å². The minimum Gasteiger partial charge on any atom is -0.442 e. The zero-order valence-electron chi connectivity index (χ0n) is 21.7. The smallest absolute Gasteiger partial charge is 0.408 e. The van der Waals surface area contributed by atoms with Crippen LogP contribution in [0.4, 0.5) is 14.9 Å². The Morgan fingerprint density at radius 1 is 1.29 bits per heavy atom. The SMILES string of the molecule is C[C@@H](OC(=O)N[C@@H](CC(C)(C)C)C(=O)N1C[C@]2(C[C@H]1C#N)C(=O)Nc1ccc(Cl)cc12)c1ccc(F)cc1. The van der Waals surface area contributed by atoms with Crippen LogP contribution in [0.5, 0.6) is 0 Å². The van der Waals surface area contributed by atoms with E-state index in [1.165, 1.54) is 29.2 Å². The summed E-state index contributed by atoms with van der Waals surface area (Å²) in [4.78, 5) is 41.2. The number of carbonyl (C=O) groups is 3. The van der Waals surface area contributed by atoms with Gasteiger partial charge in [0.2, 0.25) is 11.8 Å². The maximum Gasteiger partial charge on any atom is 0.408 e. The van der Waals surface area contributed by atoms with Crippen molar-refractivity contribution in [3.05, 3.63) is 64.4 Å². The highest BCUT2D eigenvalue weighted by atomic mass is 35.5. The van der Waals surface area contributed by atoms with Crippen molar-refractivity contribution in [2.45, 2.75) is 64.1 Å². The van der Waals surface area contributed by atoms with Crippen molar-refractivity contribution in [1.82, 2.24) is 10.2 Å². The number of carbonyl (C=O) groups excluding carboxylic acids is 3. The van der Waals surface area contributed by atoms with Gasteiger partial charge in [0.05, 0.1) is 11.5 Å². The van der Waals surface area contributed by atoms with Gasteiger partial charge in [0, 0.05) is 23.7 Å². The first-order valence-electron chi connectivity index (χ1n) is 12.4. The van der Waals surface area contributed by atoms with Gasteiger partial charge in [-0.1, -0.05) is 44.5 Å². The van der Waals surface area contributed by atoms with Crippen molar-refractivity contribution in [3.8, 4) is 6.07 Å². The Kier molecular flexibility index (Phi) is 7.39. The first-order valence-corrected chi connectivity index (χ1v) is 12.7. The van der Waals surface area contributed by atoms with Crippen LogP contribution < -0.4 is 10.6 Å². The molecule has 1 saturated heterocycles. The molecule has 2 aliphatic rings. The molecule has 0 unspecified atom stereocenters. The number of hydrogen-bond donors (Lipinski definition) is 2. The fourth-order valence-electron chi connectivity index (χ4n) is 5.15. The predicted molar refractivity (Wildman–Crippen MR) is 140 cm³/mol. The van der Waals surface area contributed by atoms with Crippen molar-refractivity contribution in [2.24, 2.45) is 5.41 Å². The number of amides is 3. The van der Waals surface area contributed by atoms with E-state index in [2.05, 4.69) is 16.7 Å². The molecule has 2 aromatic carbocycles. The zero-order valence-corrected chi connectivity index (χ0v) is 22.4. The van der Waals surface area contributed by atoms with Gasteiger partial charge in [-0.05, 0) is 60.2 Å². The molecule has 1 spiro atoms. The Labute approximate surface area is 226 Å². The molecule has 4 atom stereocenters. The van der Waals surface area contributed by atoms with Crippen LogP contribution in [0.15, 0.2) is 42.5 Å². The molecule has 2 heterocycles. The van der Waals surface area contributed by atoms with Crippen molar-refractivity contribution < 1.29 is 23.5 Å². The van der Waals surface area contributed by atoms with E-state index >= 15 is 0 Å². The van der Waals surface area contributed by atoms with Crippen LogP contribution in [0, 0.1) is 22.6 Å². The summed E-state index contributed by atoms with van der Waals surface area (Å²) in [5, 5.41) is 15.9. The van der Waals surface area contributed by atoms with Gasteiger partial charge in [-0.3, -0.25) is 9.59 Å². The summed E-state index contributed by atoms with van der Waals surface area (Å²) >= 11 is 6.21. The fraction of sp³-hybridized carbons (Fsp3) is 0.429. The number of rotatable bonds is 5. The summed E-state index contributed by atoms with van der Waals surface area (Å²) in [6.45, 7) is 7.41. The average molecular weight is 541 g/mol. The van der Waals surface area contributed by atoms with Gasteiger partial charge in [0.1, 0.15) is 24.0 Å². The van der Waals surface area contributed by atoms with Gasteiger partial charge < -0.3 is 20.3 Å². The maximum absolute atomic E-state index is 13.9. The Morgan fingerprint density at radius 2 is 1.97 bits per heavy atom. The molecule has 38 heavy (non-hydrogen) atoms. The lowest BCUT2D eigenvalue weighted by molar-refractivity contribution is -0.134. The molecule has 0 radical (unpaired) electrons. The normalized spacial score (nSPS) is 21.9. The molecule has 2 aromatic rings. The van der Waals surface area contributed by atoms with Gasteiger partial charge in [-0.25, -0.2) is 9.18 Å². The van der Waals surface area contributed by atoms with Crippen LogP contribution in [-0.4, -0.2) is 41.4 Å². The molecular formula is C28H30ClFN4O4. The van der Waals surface area contributed by atoms with Crippen LogP contribution in [0.25, 0.3) is 0 Å². The Hall–Kier alpha value is -3.64. The monoisotopic (exact) mass is 540 g/mol. The standard InChI is InChI=1S/C28H30ClFN4O4/c1-16(17-5-8-19(30)9-6-17)38-26(37)33-23(13-27(2,3)4)24(35)34-15-28(12-20(34)14-31)21-11-18(29)7-10-22(21)32-25(28)36/h5-11,16,20,23H,12-13,15H2,1-4H3,(H,32,36)(H,33,37)/t16-,20+,23+,28+/m1/s1. The van der Waals surface area contributed by atoms with E-state index in [0.29, 0.717) is 21.8 Å². The number of ether oxygens (including phenoxy) is 1. The molecule has 0 aliphatic carbocycles. The molecule has 0 bridgehead atoms. The van der Waals surface area contributed by atoms with E-state index in [0.717, 1.165) is 0 Å². The second-order valence-electron chi connectivity index (χ2n) is 11.1. The second kappa shape index (κ2) is 10.3. The first kappa shape index (κ1) is 27.4. The third-order valence-electron chi connectivity index (χ3n) is 7.00. The molecule has 1 fully saturated rings. The molecule has 2 aliphatic heterocycles. The Morgan fingerprint density at radius 3 is 2.61 bits per heavy atom. The number of benzene rings is 2. The predicted octanol–water partition coefficient (Wildman–Crippen LogP) is 5.09. The number of halogens is 2. The summed E-state index contributed by atoms with van der Waals surface area (Å²) in [6, 6.07) is 10.9. The van der Waals surface area contributed by atoms with Crippen LogP contribution in [0.1, 0.15) is 57.8 Å². The minimum atomic E-state index is -1.11. The number of anilines is 1. The Balaban J connectivity index is 1.56. The van der Waals surface area contributed by atoms with Crippen molar-refractivity contribution in [2.75, 3.05) is 11.9 Å². The van der Waals surface area contributed by atoms with Crippen molar-refractivity contribution in [1.29, 1.82) is 5.26 Å². The molecule has 200 valence electrons. The second-order valence-corrected chi connectivity index (χ2v) is 11.5. The lowest BCUT2D eigenvalue weighted by Crippen LogP contribution is -2.52. The van der Waals surface area contributed by atoms with Crippen LogP contribution in [0.2, 0.25) is 5.02 Å². The van der Waals surface area contributed by atoms with E-state index in [9.17, 15) is 24.0 Å². The number of hydrogen-bond acceptors (Lipinski definition) is 5. The van der Waals surface area contributed by atoms with Gasteiger partial charge in [-0.2, -0.15) is 5.26 Å². The average Bonchev–Trinajstić information content (AvgIpc) is 3.36. The fourth-order valence-corrected chi connectivity index (χ4v) is 5.32. The number of nitrogens with zero attached hydrogens (tertiary/aromatic N) is 2. The topological polar surface area (TPSA) is 112 Å². The number of fused-ring (bicyclic) bond motifs is 2. The van der Waals surface area contributed by atoms with Crippen molar-refractivity contribution >= 4 is 35.2 Å². The third kappa shape index (κ3) is 5.46. The molecule has 10 heteroatoms. The molecular weight excluding hydrogens is 511 g/mol. The van der Waals surface area contributed by atoms with Crippen LogP contribution in [-0.2, 0) is 19.7 Å². The van der Waals surface area contributed by atoms with Crippen LogP contribution >= 0.6 is 11.6 Å². The molecule has 2 N–H and O–H groups in total. The van der Waals surface area contributed by atoms with Crippen LogP contribution in [0.3, 0.4) is 0 Å². The summed E-state index contributed by atoms with van der Waals surface area (Å²) < 4.78 is 18.7. The van der Waals surface area contributed by atoms with E-state index in [-0.39, 0.29) is 30.7 Å². The molecule has 3 amide bonds. The lowest BCUT2D eigenvalue weighted by Gasteiger charge is -2.31. The quantitative estimate of drug-likeness (QED) is 0.549. The molecule has 8 nitrogen and oxygen atoms in total. The van der Waals surface area contributed by atoms with E-state index in [1.54, 1.807) is 25.1 Å². The molecule has 4 rings (SSSR count). The zero-order chi connectivity index (χ0) is 27.8. The molecule has 0 aromatic heterocycles. The number of nitriles is 1. The van der Waals surface area contributed by atoms with Gasteiger partial charge >= 0.3 is 6.09 Å².